The molecule has 0 aliphatic carbocycles. The van der Waals surface area contributed by atoms with Crippen LogP contribution < -0.4 is 10.1 Å². The molecular weight excluding hydrogens is 476 g/mol. The van der Waals surface area contributed by atoms with Gasteiger partial charge in [-0.15, -0.1) is 11.8 Å². The average Bonchev–Trinajstić information content (AvgIpc) is 2.83. The van der Waals surface area contributed by atoms with Crippen LogP contribution in [0.15, 0.2) is 30.3 Å². The van der Waals surface area contributed by atoms with Gasteiger partial charge in [0, 0.05) is 6.61 Å². The summed E-state index contributed by atoms with van der Waals surface area (Å²) in [6.07, 6.45) is 0.0531. The van der Waals surface area contributed by atoms with Crippen LogP contribution in [0.4, 0.5) is 0 Å². The molecule has 1 aromatic carbocycles. The number of ketones is 1. The van der Waals surface area contributed by atoms with E-state index in [4.69, 9.17) is 14.2 Å². The Bertz CT molecular complexity index is 914. The van der Waals surface area contributed by atoms with Crippen molar-refractivity contribution in [3.8, 4) is 5.75 Å². The number of β-lactam (4-membered cyclic amide) rings is 1. The fourth-order valence-electron chi connectivity index (χ4n) is 3.66. The number of nitrogens with zero attached hydrogens (tertiary/aromatic N) is 1. The lowest BCUT2D eigenvalue weighted by Crippen LogP contribution is -2.73. The van der Waals surface area contributed by atoms with Crippen molar-refractivity contribution < 1.29 is 38.5 Å². The van der Waals surface area contributed by atoms with Gasteiger partial charge in [-0.2, -0.15) is 0 Å². The van der Waals surface area contributed by atoms with E-state index in [1.807, 2.05) is 6.07 Å². The number of hydrogen-bond acceptors (Lipinski definition) is 9. The Hall–Kier alpha value is -2.63. The van der Waals surface area contributed by atoms with E-state index in [0.29, 0.717) is 18.8 Å². The van der Waals surface area contributed by atoms with E-state index >= 15 is 0 Å². The largest absolute Gasteiger partial charge is 0.484 e. The van der Waals surface area contributed by atoms with E-state index in [2.05, 4.69) is 5.32 Å². The fourth-order valence-corrected chi connectivity index (χ4v) is 4.94. The zero-order chi connectivity index (χ0) is 25.6. The predicted molar refractivity (Wildman–Crippen MR) is 127 cm³/mol. The highest BCUT2D eigenvalue weighted by Gasteiger charge is 2.54. The second kappa shape index (κ2) is 11.9. The van der Waals surface area contributed by atoms with E-state index in [0.717, 1.165) is 29.5 Å². The number of esters is 1. The highest BCUT2D eigenvalue weighted by atomic mass is 32.2. The van der Waals surface area contributed by atoms with Crippen molar-refractivity contribution in [3.05, 3.63) is 30.3 Å². The number of aliphatic hydroxyl groups excluding tert-OH is 1. The first-order chi connectivity index (χ1) is 16.6. The van der Waals surface area contributed by atoms with E-state index < -0.39 is 47.1 Å². The first-order valence-electron chi connectivity index (χ1n) is 11.5. The maximum absolute atomic E-state index is 12.8. The lowest BCUT2D eigenvalue weighted by Gasteiger charge is -2.48. The number of carbonyl (C=O) groups is 4. The van der Waals surface area contributed by atoms with Gasteiger partial charge in [0.15, 0.2) is 12.4 Å². The zero-order valence-electron chi connectivity index (χ0n) is 20.1. The van der Waals surface area contributed by atoms with Crippen LogP contribution in [-0.2, 0) is 28.7 Å². The van der Waals surface area contributed by atoms with Crippen molar-refractivity contribution >= 4 is 35.3 Å². The number of thioether (sulfide) groups is 1. The molecule has 2 heterocycles. The van der Waals surface area contributed by atoms with Crippen LogP contribution in [0.25, 0.3) is 0 Å². The smallest absolute Gasteiger partial charge is 0.357 e. The summed E-state index contributed by atoms with van der Waals surface area (Å²) in [4.78, 5) is 51.2. The van der Waals surface area contributed by atoms with Crippen LogP contribution in [-0.4, -0.2) is 81.9 Å². The molecule has 11 heteroatoms. The summed E-state index contributed by atoms with van der Waals surface area (Å²) in [5.41, 5.74) is -0.870. The first kappa shape index (κ1) is 27.0. The number of nitrogens with one attached hydrogen (secondary N) is 1. The molecule has 35 heavy (non-hydrogen) atoms. The third-order valence-electron chi connectivity index (χ3n) is 5.33. The molecule has 3 rings (SSSR count). The molecule has 1 aromatic rings. The lowest BCUT2D eigenvalue weighted by atomic mass is 10.1. The molecule has 0 spiro atoms. The molecular formula is C24H32N2O8S. The number of carbonyl (C=O) groups excluding carboxylic acids is 4. The first-order valence-corrected chi connectivity index (χ1v) is 12.6. The van der Waals surface area contributed by atoms with E-state index in [1.54, 1.807) is 45.0 Å². The number of hydrogen-bond donors (Lipinski definition) is 2. The third kappa shape index (κ3) is 7.42. The van der Waals surface area contributed by atoms with Crippen molar-refractivity contribution in [1.29, 1.82) is 0 Å². The average molecular weight is 509 g/mol. The quantitative estimate of drug-likeness (QED) is 0.354. The van der Waals surface area contributed by atoms with Crippen molar-refractivity contribution in [2.45, 2.75) is 69.4 Å². The number of ether oxygens (including phenoxy) is 3. The number of Topliss-reactive ketones (excluding diaryl/α,β-unsaturated/α-hetero) is 1. The molecule has 192 valence electrons. The molecule has 10 nitrogen and oxygen atoms in total. The summed E-state index contributed by atoms with van der Waals surface area (Å²) in [5.74, 6) is -1.85. The summed E-state index contributed by atoms with van der Waals surface area (Å²) >= 11 is 1.06. The Morgan fingerprint density at radius 1 is 1.23 bits per heavy atom. The molecule has 2 N–H and O–H groups in total. The number of likely N-dealkylation sites (tertiary alicyclic amines) is 1. The minimum atomic E-state index is -1.87. The van der Waals surface area contributed by atoms with Crippen LogP contribution in [0.3, 0.4) is 0 Å². The molecule has 0 radical (unpaired) electrons. The van der Waals surface area contributed by atoms with Crippen LogP contribution in [0.2, 0.25) is 0 Å². The standard InChI is InChI=1S/C24H32N2O8S/c1-24(2,3)34-23(31)21(30)26-20(29)19(25-18(28)13-33-15-9-5-4-6-10-15)22(26)35-14-16(27)17-11-7-8-12-32-17/h4-6,9-10,17,19,21-22,30H,7-8,11-14H2,1-3H3,(H,25,28)/t17?,19-,21?,22?/m1/s1. The summed E-state index contributed by atoms with van der Waals surface area (Å²) < 4.78 is 16.1. The van der Waals surface area contributed by atoms with E-state index in [-0.39, 0.29) is 18.1 Å². The Kier molecular flexibility index (Phi) is 9.15. The maximum Gasteiger partial charge on any atom is 0.357 e. The summed E-state index contributed by atoms with van der Waals surface area (Å²) in [5, 5.41) is 12.3. The zero-order valence-corrected chi connectivity index (χ0v) is 20.9. The topological polar surface area (TPSA) is 131 Å². The summed E-state index contributed by atoms with van der Waals surface area (Å²) in [7, 11) is 0. The molecule has 2 aliphatic rings. The Labute approximate surface area is 208 Å². The van der Waals surface area contributed by atoms with Gasteiger partial charge in [0.05, 0.1) is 5.75 Å². The van der Waals surface area contributed by atoms with Gasteiger partial charge in [-0.25, -0.2) is 4.79 Å². The second-order valence-corrected chi connectivity index (χ2v) is 10.4. The lowest BCUT2D eigenvalue weighted by molar-refractivity contribution is -0.189. The van der Waals surface area contributed by atoms with Gasteiger partial charge in [0.1, 0.15) is 28.9 Å². The van der Waals surface area contributed by atoms with Crippen molar-refractivity contribution in [3.63, 3.8) is 0 Å². The van der Waals surface area contributed by atoms with Gasteiger partial charge in [0.25, 0.3) is 11.8 Å². The van der Waals surface area contributed by atoms with Gasteiger partial charge < -0.3 is 24.6 Å². The Balaban J connectivity index is 1.64. The van der Waals surface area contributed by atoms with Gasteiger partial charge in [-0.3, -0.25) is 19.3 Å². The molecule has 2 saturated heterocycles. The molecule has 4 atom stereocenters. The summed E-state index contributed by atoms with van der Waals surface area (Å²) in [6.45, 7) is 5.11. The third-order valence-corrected chi connectivity index (χ3v) is 6.62. The second-order valence-electron chi connectivity index (χ2n) is 9.32. The minimum Gasteiger partial charge on any atom is -0.484 e. The molecule has 2 amide bonds. The van der Waals surface area contributed by atoms with Crippen molar-refractivity contribution in [1.82, 2.24) is 10.2 Å². The highest BCUT2D eigenvalue weighted by Crippen LogP contribution is 2.33. The predicted octanol–water partition coefficient (Wildman–Crippen LogP) is 1.25. The van der Waals surface area contributed by atoms with Crippen LogP contribution in [0.5, 0.6) is 5.75 Å². The minimum absolute atomic E-state index is 0.00691. The molecule has 0 aromatic heterocycles. The number of amides is 2. The number of aliphatic hydroxyl groups is 1. The molecule has 0 bridgehead atoms. The molecule has 2 aliphatic heterocycles. The molecule has 0 saturated carbocycles. The number of rotatable bonds is 10. The maximum atomic E-state index is 12.8. The van der Waals surface area contributed by atoms with E-state index in [1.165, 1.54) is 0 Å². The van der Waals surface area contributed by atoms with E-state index in [9.17, 15) is 24.3 Å². The normalized spacial score (nSPS) is 23.1. The van der Waals surface area contributed by atoms with Gasteiger partial charge in [-0.1, -0.05) is 18.2 Å². The van der Waals surface area contributed by atoms with Gasteiger partial charge >= 0.3 is 5.97 Å². The van der Waals surface area contributed by atoms with Gasteiger partial charge in [-0.05, 0) is 52.2 Å². The summed E-state index contributed by atoms with van der Waals surface area (Å²) in [6, 6.07) is 7.68. The van der Waals surface area contributed by atoms with Crippen molar-refractivity contribution in [2.24, 2.45) is 0 Å². The van der Waals surface area contributed by atoms with Crippen LogP contribution >= 0.6 is 11.8 Å². The molecule has 3 unspecified atom stereocenters. The van der Waals surface area contributed by atoms with Crippen LogP contribution in [0, 0.1) is 0 Å². The van der Waals surface area contributed by atoms with Gasteiger partial charge in [0.2, 0.25) is 6.23 Å². The Morgan fingerprint density at radius 3 is 2.57 bits per heavy atom. The monoisotopic (exact) mass is 508 g/mol. The fraction of sp³-hybridized carbons (Fsp3) is 0.583. The molecule has 2 fully saturated rings. The SMILES string of the molecule is CC(C)(C)OC(=O)C(O)N1C(=O)[C@@H](NC(=O)COc2ccccc2)C1SCC(=O)C1CCCCO1. The highest BCUT2D eigenvalue weighted by molar-refractivity contribution is 8.00. The number of benzene rings is 1. The number of para-hydroxylation sites is 1. The van der Waals surface area contributed by atoms with Crippen LogP contribution in [0.1, 0.15) is 40.0 Å². The van der Waals surface area contributed by atoms with Crippen molar-refractivity contribution in [2.75, 3.05) is 19.0 Å². The Morgan fingerprint density at radius 2 is 1.94 bits per heavy atom.